The van der Waals surface area contributed by atoms with E-state index in [-0.39, 0.29) is 12.3 Å². The molecule has 0 aromatic carbocycles. The summed E-state index contributed by atoms with van der Waals surface area (Å²) in [6.07, 6.45) is 37.5. The second-order valence-electron chi connectivity index (χ2n) is 12.5. The average molecular weight is 628 g/mol. The first-order valence-electron chi connectivity index (χ1n) is 18.0. The highest BCUT2D eigenvalue weighted by Gasteiger charge is 2.24. The number of unbranched alkanes of at least 4 members (excludes halogenated alkanes) is 22. The maximum Gasteiger partial charge on any atom is 0.267 e. The number of amides is 1. The van der Waals surface area contributed by atoms with Gasteiger partial charge in [-0.15, -0.1) is 0 Å². The molecule has 3 N–H and O–H groups in total. The van der Waals surface area contributed by atoms with Crippen molar-refractivity contribution >= 4 is 16.0 Å². The highest BCUT2D eigenvalue weighted by atomic mass is 32.2. The van der Waals surface area contributed by atoms with Crippen molar-refractivity contribution in [2.24, 2.45) is 0 Å². The number of aliphatic hydroxyl groups excluding tert-OH is 1. The van der Waals surface area contributed by atoms with Crippen molar-refractivity contribution in [2.75, 3.05) is 5.75 Å². The molecule has 43 heavy (non-hydrogen) atoms. The zero-order chi connectivity index (χ0) is 31.9. The minimum Gasteiger partial charge on any atom is -0.387 e. The normalized spacial score (nSPS) is 13.7. The molecule has 6 nitrogen and oxygen atoms in total. The summed E-state index contributed by atoms with van der Waals surface area (Å²) in [6, 6.07) is -1.07. The molecular formula is C36H69NO5S. The van der Waals surface area contributed by atoms with Crippen LogP contribution in [-0.2, 0) is 14.9 Å². The summed E-state index contributed by atoms with van der Waals surface area (Å²) in [4.78, 5) is 12.4. The second-order valence-corrected chi connectivity index (χ2v) is 14.0. The van der Waals surface area contributed by atoms with Gasteiger partial charge in [-0.05, 0) is 32.1 Å². The van der Waals surface area contributed by atoms with E-state index < -0.39 is 28.0 Å². The number of carbonyl (C=O) groups is 1. The van der Waals surface area contributed by atoms with Gasteiger partial charge in [0.1, 0.15) is 0 Å². The lowest BCUT2D eigenvalue weighted by Gasteiger charge is -2.21. The molecule has 2 atom stereocenters. The molecular weight excluding hydrogens is 558 g/mol. The molecule has 7 heteroatoms. The van der Waals surface area contributed by atoms with Crippen LogP contribution in [0.25, 0.3) is 0 Å². The van der Waals surface area contributed by atoms with Crippen LogP contribution < -0.4 is 5.32 Å². The van der Waals surface area contributed by atoms with Crippen molar-refractivity contribution in [3.63, 3.8) is 0 Å². The summed E-state index contributed by atoms with van der Waals surface area (Å²) in [5, 5.41) is 13.1. The van der Waals surface area contributed by atoms with Gasteiger partial charge in [0.05, 0.1) is 17.9 Å². The Morgan fingerprint density at radius 1 is 0.605 bits per heavy atom. The van der Waals surface area contributed by atoms with Crippen LogP contribution in [0.1, 0.15) is 181 Å². The van der Waals surface area contributed by atoms with Crippen molar-refractivity contribution in [3.05, 3.63) is 24.3 Å². The third kappa shape index (κ3) is 32.0. The van der Waals surface area contributed by atoms with E-state index in [0.29, 0.717) is 0 Å². The second kappa shape index (κ2) is 30.8. The van der Waals surface area contributed by atoms with Gasteiger partial charge in [0.2, 0.25) is 5.91 Å². The SMILES string of the molecule is CCCCCCCCCCCCCCC/C=C/CC/C=C/C(O)C(CS(=O)(=O)O)NC(=O)CCCCCCCCCCC. The van der Waals surface area contributed by atoms with E-state index in [0.717, 1.165) is 38.5 Å². The average Bonchev–Trinajstić information content (AvgIpc) is 2.96. The van der Waals surface area contributed by atoms with Crippen molar-refractivity contribution in [2.45, 2.75) is 193 Å². The Balaban J connectivity index is 3.99. The van der Waals surface area contributed by atoms with Crippen LogP contribution in [-0.4, -0.2) is 41.9 Å². The predicted molar refractivity (Wildman–Crippen MR) is 184 cm³/mol. The largest absolute Gasteiger partial charge is 0.387 e. The highest BCUT2D eigenvalue weighted by Crippen LogP contribution is 2.14. The van der Waals surface area contributed by atoms with Gasteiger partial charge in [-0.25, -0.2) is 0 Å². The summed E-state index contributed by atoms with van der Waals surface area (Å²) in [6.45, 7) is 4.48. The molecule has 0 aliphatic heterocycles. The van der Waals surface area contributed by atoms with Gasteiger partial charge in [-0.1, -0.05) is 167 Å². The number of carbonyl (C=O) groups excluding carboxylic acids is 1. The monoisotopic (exact) mass is 627 g/mol. The van der Waals surface area contributed by atoms with Gasteiger partial charge in [0.25, 0.3) is 10.1 Å². The fourth-order valence-corrected chi connectivity index (χ4v) is 6.14. The quantitative estimate of drug-likeness (QED) is 0.0391. The van der Waals surface area contributed by atoms with Gasteiger partial charge in [0, 0.05) is 6.42 Å². The van der Waals surface area contributed by atoms with Gasteiger partial charge in [0.15, 0.2) is 0 Å². The standard InChI is InChI=1S/C36H69NO5S/c1-3-5-7-9-11-13-14-15-16-17-18-19-20-21-22-24-25-27-29-31-35(38)34(33-43(40,41)42)37-36(39)32-30-28-26-23-12-10-8-6-4-2/h22,24,29,31,34-35,38H,3-21,23,25-28,30,32-33H2,1-2H3,(H,37,39)(H,40,41,42)/b24-22+,31-29+. The lowest BCUT2D eigenvalue weighted by molar-refractivity contribution is -0.122. The molecule has 0 spiro atoms. The maximum absolute atomic E-state index is 12.4. The molecule has 2 unspecified atom stereocenters. The molecule has 0 aliphatic rings. The molecule has 0 fully saturated rings. The van der Waals surface area contributed by atoms with Crippen LogP contribution in [0.2, 0.25) is 0 Å². The molecule has 0 saturated carbocycles. The summed E-state index contributed by atoms with van der Waals surface area (Å²) < 4.78 is 32.2. The minimum atomic E-state index is -4.34. The molecule has 0 aromatic rings. The molecule has 0 aromatic heterocycles. The Kier molecular flexibility index (Phi) is 30.0. The molecule has 0 aliphatic carbocycles. The van der Waals surface area contributed by atoms with Gasteiger partial charge >= 0.3 is 0 Å². The summed E-state index contributed by atoms with van der Waals surface area (Å²) in [7, 11) is -4.34. The number of allylic oxidation sites excluding steroid dienone is 3. The lowest BCUT2D eigenvalue weighted by atomic mass is 10.0. The van der Waals surface area contributed by atoms with Gasteiger partial charge in [-0.2, -0.15) is 8.42 Å². The first-order chi connectivity index (χ1) is 20.8. The Bertz CT molecular complexity index is 781. The van der Waals surface area contributed by atoms with E-state index in [1.807, 2.05) is 6.08 Å². The van der Waals surface area contributed by atoms with Crippen molar-refractivity contribution < 1.29 is 22.9 Å². The van der Waals surface area contributed by atoms with Crippen LogP contribution in [0.5, 0.6) is 0 Å². The van der Waals surface area contributed by atoms with Crippen LogP contribution in [0.4, 0.5) is 0 Å². The van der Waals surface area contributed by atoms with E-state index in [2.05, 4.69) is 31.3 Å². The van der Waals surface area contributed by atoms with Crippen molar-refractivity contribution in [3.8, 4) is 0 Å². The number of nitrogens with one attached hydrogen (secondary N) is 1. The number of rotatable bonds is 32. The minimum absolute atomic E-state index is 0.290. The lowest BCUT2D eigenvalue weighted by Crippen LogP contribution is -2.46. The van der Waals surface area contributed by atoms with Gasteiger partial charge in [-0.3, -0.25) is 9.35 Å². The Morgan fingerprint density at radius 3 is 1.47 bits per heavy atom. The van der Waals surface area contributed by atoms with E-state index in [1.165, 1.54) is 128 Å². The molecule has 0 saturated heterocycles. The maximum atomic E-state index is 12.4. The molecule has 0 heterocycles. The smallest absolute Gasteiger partial charge is 0.267 e. The molecule has 0 rings (SSSR count). The number of aliphatic hydroxyl groups is 1. The van der Waals surface area contributed by atoms with Crippen LogP contribution in [0, 0.1) is 0 Å². The zero-order valence-electron chi connectivity index (χ0n) is 28.1. The predicted octanol–water partition coefficient (Wildman–Crippen LogP) is 10.0. The van der Waals surface area contributed by atoms with Crippen LogP contribution >= 0.6 is 0 Å². The van der Waals surface area contributed by atoms with Crippen LogP contribution in [0.3, 0.4) is 0 Å². The first kappa shape index (κ1) is 41.8. The summed E-state index contributed by atoms with van der Waals surface area (Å²) in [5.41, 5.74) is 0. The van der Waals surface area contributed by atoms with Gasteiger partial charge < -0.3 is 10.4 Å². The number of hydrogen-bond donors (Lipinski definition) is 3. The fourth-order valence-electron chi connectivity index (χ4n) is 5.41. The molecule has 1 amide bonds. The molecule has 0 radical (unpaired) electrons. The number of hydrogen-bond acceptors (Lipinski definition) is 4. The first-order valence-corrected chi connectivity index (χ1v) is 19.6. The zero-order valence-corrected chi connectivity index (χ0v) is 28.9. The summed E-state index contributed by atoms with van der Waals surface area (Å²) in [5.74, 6) is -0.999. The Hall–Kier alpha value is -1.18. The van der Waals surface area contributed by atoms with E-state index in [4.69, 9.17) is 0 Å². The summed E-state index contributed by atoms with van der Waals surface area (Å²) >= 11 is 0. The third-order valence-corrected chi connectivity index (χ3v) is 8.91. The molecule has 0 bridgehead atoms. The van der Waals surface area contributed by atoms with Crippen LogP contribution in [0.15, 0.2) is 24.3 Å². The highest BCUT2D eigenvalue weighted by molar-refractivity contribution is 7.85. The fraction of sp³-hybridized carbons (Fsp3) is 0.861. The third-order valence-electron chi connectivity index (χ3n) is 8.13. The molecule has 254 valence electrons. The van der Waals surface area contributed by atoms with E-state index in [9.17, 15) is 22.9 Å². The van der Waals surface area contributed by atoms with Crippen molar-refractivity contribution in [1.29, 1.82) is 0 Å². The van der Waals surface area contributed by atoms with E-state index in [1.54, 1.807) is 0 Å². The van der Waals surface area contributed by atoms with Crippen molar-refractivity contribution in [1.82, 2.24) is 5.32 Å². The van der Waals surface area contributed by atoms with E-state index >= 15 is 0 Å². The Morgan fingerprint density at radius 2 is 1.00 bits per heavy atom. The topological polar surface area (TPSA) is 104 Å². The Labute approximate surface area is 266 Å².